The van der Waals surface area contributed by atoms with Gasteiger partial charge in [-0.25, -0.2) is 4.79 Å². The second kappa shape index (κ2) is 4.88. The molecule has 17 heavy (non-hydrogen) atoms. The van der Waals surface area contributed by atoms with Gasteiger partial charge in [-0.15, -0.1) is 0 Å². The molecule has 2 amide bonds. The Hall–Kier alpha value is -2.02. The summed E-state index contributed by atoms with van der Waals surface area (Å²) in [6.45, 7) is 3.53. The topological polar surface area (TPSA) is 56.1 Å². The van der Waals surface area contributed by atoms with Gasteiger partial charge in [-0.3, -0.25) is 0 Å². The first-order valence-electron chi connectivity index (χ1n) is 5.77. The fraction of sp³-hybridized carbons (Fsp3) is 0.385. The quantitative estimate of drug-likeness (QED) is 0.804. The molecule has 1 N–H and O–H groups in total. The maximum Gasteiger partial charge on any atom is 0.321 e. The van der Waals surface area contributed by atoms with E-state index < -0.39 is 0 Å². The number of hydrogen-bond acceptors (Lipinski definition) is 2. The van der Waals surface area contributed by atoms with Crippen LogP contribution in [-0.4, -0.2) is 24.0 Å². The zero-order valence-electron chi connectivity index (χ0n) is 9.86. The first-order valence-corrected chi connectivity index (χ1v) is 5.77. The molecule has 1 fully saturated rings. The summed E-state index contributed by atoms with van der Waals surface area (Å²) < 4.78 is 0. The van der Waals surface area contributed by atoms with E-state index in [-0.39, 0.29) is 6.03 Å². The molecule has 0 aromatic heterocycles. The molecule has 1 aliphatic heterocycles. The molecular formula is C13H15N3O. The summed E-state index contributed by atoms with van der Waals surface area (Å²) in [6, 6.07) is 7.44. The van der Waals surface area contributed by atoms with Crippen molar-refractivity contribution in [2.24, 2.45) is 0 Å². The number of carbonyl (C=O) groups is 1. The SMILES string of the molecule is Cc1ccc(NC(=O)N2CCCC2)c(C#N)c1. The highest BCUT2D eigenvalue weighted by molar-refractivity contribution is 5.91. The van der Waals surface area contributed by atoms with Gasteiger partial charge in [0.05, 0.1) is 11.3 Å². The lowest BCUT2D eigenvalue weighted by atomic mass is 10.1. The van der Waals surface area contributed by atoms with Crippen LogP contribution in [0.25, 0.3) is 0 Å². The van der Waals surface area contributed by atoms with Crippen molar-refractivity contribution in [1.29, 1.82) is 5.26 Å². The Kier molecular flexibility index (Phi) is 3.29. The lowest BCUT2D eigenvalue weighted by Crippen LogP contribution is -2.32. The third-order valence-electron chi connectivity index (χ3n) is 2.93. The summed E-state index contributed by atoms with van der Waals surface area (Å²) in [6.07, 6.45) is 2.12. The molecule has 0 aliphatic carbocycles. The van der Waals surface area contributed by atoms with Gasteiger partial charge in [0.1, 0.15) is 6.07 Å². The van der Waals surface area contributed by atoms with E-state index >= 15 is 0 Å². The molecule has 1 aliphatic rings. The Morgan fingerprint density at radius 3 is 2.76 bits per heavy atom. The molecule has 0 spiro atoms. The minimum absolute atomic E-state index is 0.108. The predicted octanol–water partition coefficient (Wildman–Crippen LogP) is 2.49. The molecule has 1 aromatic rings. The first-order chi connectivity index (χ1) is 8.20. The summed E-state index contributed by atoms with van der Waals surface area (Å²) in [5, 5.41) is 11.8. The van der Waals surface area contributed by atoms with E-state index in [1.165, 1.54) is 0 Å². The van der Waals surface area contributed by atoms with Gasteiger partial charge < -0.3 is 10.2 Å². The molecule has 1 heterocycles. The molecule has 0 atom stereocenters. The molecular weight excluding hydrogens is 214 g/mol. The van der Waals surface area contributed by atoms with Gasteiger partial charge in [0, 0.05) is 13.1 Å². The maximum atomic E-state index is 11.9. The summed E-state index contributed by atoms with van der Waals surface area (Å²) in [5.41, 5.74) is 2.12. The molecule has 4 nitrogen and oxygen atoms in total. The minimum Gasteiger partial charge on any atom is -0.325 e. The summed E-state index contributed by atoms with van der Waals surface area (Å²) in [4.78, 5) is 13.7. The van der Waals surface area contributed by atoms with Crippen molar-refractivity contribution in [2.45, 2.75) is 19.8 Å². The number of anilines is 1. The number of urea groups is 1. The summed E-state index contributed by atoms with van der Waals surface area (Å²) in [7, 11) is 0. The standard InChI is InChI=1S/C13H15N3O/c1-10-4-5-12(11(8-10)9-14)15-13(17)16-6-2-3-7-16/h4-5,8H,2-3,6-7H2,1H3,(H,15,17). The van der Waals surface area contributed by atoms with E-state index in [4.69, 9.17) is 5.26 Å². The predicted molar refractivity (Wildman–Crippen MR) is 65.7 cm³/mol. The Morgan fingerprint density at radius 1 is 1.41 bits per heavy atom. The number of benzene rings is 1. The zero-order valence-corrected chi connectivity index (χ0v) is 9.86. The van der Waals surface area contributed by atoms with Crippen molar-refractivity contribution < 1.29 is 4.79 Å². The average Bonchev–Trinajstić information content (AvgIpc) is 2.85. The number of rotatable bonds is 1. The van der Waals surface area contributed by atoms with Crippen molar-refractivity contribution in [3.8, 4) is 6.07 Å². The molecule has 0 unspecified atom stereocenters. The van der Waals surface area contributed by atoms with Crippen LogP contribution >= 0.6 is 0 Å². The Labute approximate surface area is 101 Å². The fourth-order valence-electron chi connectivity index (χ4n) is 1.97. The van der Waals surface area contributed by atoms with Crippen molar-refractivity contribution >= 4 is 11.7 Å². The van der Waals surface area contributed by atoms with Crippen LogP contribution in [0.1, 0.15) is 24.0 Å². The summed E-state index contributed by atoms with van der Waals surface area (Å²) in [5.74, 6) is 0. The maximum absolute atomic E-state index is 11.9. The number of aryl methyl sites for hydroxylation is 1. The van der Waals surface area contributed by atoms with Crippen LogP contribution in [0.15, 0.2) is 18.2 Å². The molecule has 1 aromatic carbocycles. The number of nitrogens with zero attached hydrogens (tertiary/aromatic N) is 2. The number of nitriles is 1. The van der Waals surface area contributed by atoms with Crippen LogP contribution < -0.4 is 5.32 Å². The fourth-order valence-corrected chi connectivity index (χ4v) is 1.97. The number of carbonyl (C=O) groups excluding carboxylic acids is 1. The van der Waals surface area contributed by atoms with Gasteiger partial charge in [-0.2, -0.15) is 5.26 Å². The Balaban J connectivity index is 2.13. The smallest absolute Gasteiger partial charge is 0.321 e. The van der Waals surface area contributed by atoms with Crippen molar-refractivity contribution in [1.82, 2.24) is 4.90 Å². The van der Waals surface area contributed by atoms with Gasteiger partial charge in [0.2, 0.25) is 0 Å². The van der Waals surface area contributed by atoms with Crippen LogP contribution in [0, 0.1) is 18.3 Å². The van der Waals surface area contributed by atoms with E-state index in [2.05, 4.69) is 11.4 Å². The Bertz CT molecular complexity index is 470. The summed E-state index contributed by atoms with van der Waals surface area (Å²) >= 11 is 0. The largest absolute Gasteiger partial charge is 0.325 e. The third-order valence-corrected chi connectivity index (χ3v) is 2.93. The highest BCUT2D eigenvalue weighted by atomic mass is 16.2. The highest BCUT2D eigenvalue weighted by Gasteiger charge is 2.18. The lowest BCUT2D eigenvalue weighted by Gasteiger charge is -2.16. The number of amides is 2. The number of hydrogen-bond donors (Lipinski definition) is 1. The monoisotopic (exact) mass is 229 g/mol. The normalized spacial score (nSPS) is 14.5. The van der Waals surface area contributed by atoms with Gasteiger partial charge in [-0.1, -0.05) is 6.07 Å². The molecule has 2 rings (SSSR count). The molecule has 88 valence electrons. The number of likely N-dealkylation sites (tertiary alicyclic amines) is 1. The van der Waals surface area contributed by atoms with E-state index in [0.717, 1.165) is 31.5 Å². The van der Waals surface area contributed by atoms with Gasteiger partial charge >= 0.3 is 6.03 Å². The molecule has 0 radical (unpaired) electrons. The number of nitrogens with one attached hydrogen (secondary N) is 1. The minimum atomic E-state index is -0.108. The van der Waals surface area contributed by atoms with Gasteiger partial charge in [-0.05, 0) is 37.5 Å². The second-order valence-corrected chi connectivity index (χ2v) is 4.29. The third kappa shape index (κ3) is 2.56. The van der Waals surface area contributed by atoms with Crippen LogP contribution in [0.3, 0.4) is 0 Å². The molecule has 1 saturated heterocycles. The van der Waals surface area contributed by atoms with Gasteiger partial charge in [0.25, 0.3) is 0 Å². The van der Waals surface area contributed by atoms with Crippen LogP contribution in [-0.2, 0) is 0 Å². The van der Waals surface area contributed by atoms with Crippen molar-refractivity contribution in [2.75, 3.05) is 18.4 Å². The molecule has 0 bridgehead atoms. The van der Waals surface area contributed by atoms with E-state index in [9.17, 15) is 4.79 Å². The van der Waals surface area contributed by atoms with Crippen LogP contribution in [0.2, 0.25) is 0 Å². The second-order valence-electron chi connectivity index (χ2n) is 4.29. The molecule has 0 saturated carbocycles. The van der Waals surface area contributed by atoms with E-state index in [1.54, 1.807) is 17.0 Å². The average molecular weight is 229 g/mol. The van der Waals surface area contributed by atoms with Crippen LogP contribution in [0.4, 0.5) is 10.5 Å². The van der Waals surface area contributed by atoms with Crippen molar-refractivity contribution in [3.63, 3.8) is 0 Å². The lowest BCUT2D eigenvalue weighted by molar-refractivity contribution is 0.222. The van der Waals surface area contributed by atoms with E-state index in [0.29, 0.717) is 11.3 Å². The first kappa shape index (κ1) is 11.5. The zero-order chi connectivity index (χ0) is 12.3. The highest BCUT2D eigenvalue weighted by Crippen LogP contribution is 2.18. The van der Waals surface area contributed by atoms with Crippen LogP contribution in [0.5, 0.6) is 0 Å². The van der Waals surface area contributed by atoms with Gasteiger partial charge in [0.15, 0.2) is 0 Å². The van der Waals surface area contributed by atoms with E-state index in [1.807, 2.05) is 13.0 Å². The Morgan fingerprint density at radius 2 is 2.12 bits per heavy atom. The van der Waals surface area contributed by atoms with Crippen molar-refractivity contribution in [3.05, 3.63) is 29.3 Å². The molecule has 4 heteroatoms.